The van der Waals surface area contributed by atoms with Crippen LogP contribution in [0.3, 0.4) is 0 Å². The van der Waals surface area contributed by atoms with Crippen molar-refractivity contribution >= 4 is 36.4 Å². The predicted molar refractivity (Wildman–Crippen MR) is 123 cm³/mol. The Kier molecular flexibility index (Phi) is 9.38. The van der Waals surface area contributed by atoms with Crippen molar-refractivity contribution in [1.82, 2.24) is 10.2 Å². The van der Waals surface area contributed by atoms with E-state index in [0.29, 0.717) is 29.2 Å². The fraction of sp³-hybridized carbons (Fsp3) is 0.455. The molecule has 1 unspecified atom stereocenters. The van der Waals surface area contributed by atoms with Crippen LogP contribution in [0.4, 0.5) is 0 Å². The summed E-state index contributed by atoms with van der Waals surface area (Å²) < 4.78 is 11.5. The van der Waals surface area contributed by atoms with Crippen molar-refractivity contribution in [3.63, 3.8) is 0 Å². The molecule has 3 heterocycles. The maximum absolute atomic E-state index is 6.52. The molecular weight excluding hydrogens is 431 g/mol. The van der Waals surface area contributed by atoms with Crippen LogP contribution in [0.5, 0.6) is 11.5 Å². The number of benzene rings is 2. The van der Waals surface area contributed by atoms with Crippen LogP contribution in [-0.4, -0.2) is 37.7 Å². The molecule has 0 saturated carbocycles. The zero-order chi connectivity index (χ0) is 18.6. The normalized spacial score (nSPS) is 22.3. The van der Waals surface area contributed by atoms with Gasteiger partial charge in [0.15, 0.2) is 11.5 Å². The molecule has 7 heteroatoms. The number of rotatable bonds is 7. The topological polar surface area (TPSA) is 33.7 Å². The molecule has 0 radical (unpaired) electrons. The Morgan fingerprint density at radius 3 is 2.41 bits per heavy atom. The average molecular weight is 460 g/mol. The van der Waals surface area contributed by atoms with E-state index >= 15 is 0 Å². The van der Waals surface area contributed by atoms with Crippen LogP contribution in [-0.2, 0) is 13.2 Å². The molecule has 3 saturated heterocycles. The second kappa shape index (κ2) is 11.3. The van der Waals surface area contributed by atoms with E-state index in [1.165, 1.54) is 25.9 Å². The summed E-state index contributed by atoms with van der Waals surface area (Å²) >= 11 is 6.52. The molecule has 0 spiro atoms. The Morgan fingerprint density at radius 2 is 1.79 bits per heavy atom. The summed E-state index contributed by atoms with van der Waals surface area (Å²) in [7, 11) is 1.66. The Bertz CT molecular complexity index is 768. The summed E-state index contributed by atoms with van der Waals surface area (Å²) in [4.78, 5) is 2.56. The van der Waals surface area contributed by atoms with Gasteiger partial charge in [0, 0.05) is 19.1 Å². The first-order chi connectivity index (χ1) is 13.2. The Labute approximate surface area is 190 Å². The first kappa shape index (κ1) is 24.1. The molecule has 1 atom stereocenters. The van der Waals surface area contributed by atoms with Crippen LogP contribution in [0, 0.1) is 5.92 Å². The minimum Gasteiger partial charge on any atom is -0.493 e. The van der Waals surface area contributed by atoms with Crippen molar-refractivity contribution < 1.29 is 9.47 Å². The molecule has 3 aliphatic rings. The molecule has 4 nitrogen and oxygen atoms in total. The summed E-state index contributed by atoms with van der Waals surface area (Å²) in [6.45, 7) is 4.94. The monoisotopic (exact) mass is 458 g/mol. The first-order valence-corrected chi connectivity index (χ1v) is 10.1. The van der Waals surface area contributed by atoms with Gasteiger partial charge in [-0.3, -0.25) is 0 Å². The fourth-order valence-electron chi connectivity index (χ4n) is 4.19. The number of nitrogens with one attached hydrogen (secondary N) is 1. The Balaban J connectivity index is 0.00000150. The van der Waals surface area contributed by atoms with Crippen LogP contribution in [0.15, 0.2) is 42.5 Å². The highest BCUT2D eigenvalue weighted by atomic mass is 35.5. The smallest absolute Gasteiger partial charge is 0.180 e. The number of hydrogen-bond donors (Lipinski definition) is 1. The Hall–Kier alpha value is -1.17. The molecule has 5 rings (SSSR count). The van der Waals surface area contributed by atoms with Gasteiger partial charge in [0.1, 0.15) is 6.61 Å². The highest BCUT2D eigenvalue weighted by Gasteiger charge is 2.33. The summed E-state index contributed by atoms with van der Waals surface area (Å²) in [5.74, 6) is 2.10. The van der Waals surface area contributed by atoms with Gasteiger partial charge in [-0.25, -0.2) is 0 Å². The predicted octanol–water partition coefficient (Wildman–Crippen LogP) is 4.96. The molecule has 0 aliphatic carbocycles. The van der Waals surface area contributed by atoms with Crippen LogP contribution in [0.2, 0.25) is 5.02 Å². The zero-order valence-corrected chi connectivity index (χ0v) is 19.0. The summed E-state index contributed by atoms with van der Waals surface area (Å²) in [5.41, 5.74) is 2.23. The minimum absolute atomic E-state index is 0. The molecule has 0 amide bonds. The minimum atomic E-state index is 0. The number of hydrogen-bond acceptors (Lipinski definition) is 4. The van der Waals surface area contributed by atoms with Crippen LogP contribution in [0.25, 0.3) is 0 Å². The molecule has 2 bridgehead atoms. The van der Waals surface area contributed by atoms with Gasteiger partial charge in [0.05, 0.1) is 12.1 Å². The van der Waals surface area contributed by atoms with Crippen LogP contribution < -0.4 is 14.8 Å². The van der Waals surface area contributed by atoms with E-state index in [9.17, 15) is 0 Å². The number of methoxy groups -OCH3 is 1. The van der Waals surface area contributed by atoms with Gasteiger partial charge in [-0.15, -0.1) is 24.8 Å². The van der Waals surface area contributed by atoms with Crippen molar-refractivity contribution in [2.24, 2.45) is 5.92 Å². The van der Waals surface area contributed by atoms with Crippen molar-refractivity contribution in [2.75, 3.05) is 26.7 Å². The second-order valence-corrected chi connectivity index (χ2v) is 7.92. The van der Waals surface area contributed by atoms with E-state index in [1.807, 2.05) is 42.5 Å². The van der Waals surface area contributed by atoms with Crippen LogP contribution in [0.1, 0.15) is 24.0 Å². The van der Waals surface area contributed by atoms with Gasteiger partial charge in [-0.1, -0.05) is 41.9 Å². The summed E-state index contributed by atoms with van der Waals surface area (Å²) in [6.07, 6.45) is 2.63. The van der Waals surface area contributed by atoms with Gasteiger partial charge in [-0.2, -0.15) is 0 Å². The molecule has 3 fully saturated rings. The van der Waals surface area contributed by atoms with E-state index in [2.05, 4.69) is 10.2 Å². The molecular formula is C22H29Cl3N2O2. The first-order valence-electron chi connectivity index (χ1n) is 9.72. The van der Waals surface area contributed by atoms with Gasteiger partial charge < -0.3 is 19.7 Å². The largest absolute Gasteiger partial charge is 0.493 e. The highest BCUT2D eigenvalue weighted by molar-refractivity contribution is 6.32. The SMILES string of the molecule is COc1cc(CNC2CN3CCC2CC3)cc(Cl)c1OCc1ccccc1.Cl.Cl. The number of fused-ring (bicyclic) bond motifs is 3. The number of nitrogens with zero attached hydrogens (tertiary/aromatic N) is 1. The van der Waals surface area contributed by atoms with E-state index in [-0.39, 0.29) is 24.8 Å². The van der Waals surface area contributed by atoms with Crippen molar-refractivity contribution in [2.45, 2.75) is 32.0 Å². The van der Waals surface area contributed by atoms with E-state index in [0.717, 1.165) is 30.1 Å². The lowest BCUT2D eigenvalue weighted by molar-refractivity contribution is 0.0720. The molecule has 3 aliphatic heterocycles. The van der Waals surface area contributed by atoms with Crippen molar-refractivity contribution in [1.29, 1.82) is 0 Å². The lowest BCUT2D eigenvalue weighted by atomic mass is 9.84. The lowest BCUT2D eigenvalue weighted by Gasteiger charge is -2.45. The number of piperidine rings is 3. The number of halogens is 3. The van der Waals surface area contributed by atoms with E-state index in [1.54, 1.807) is 7.11 Å². The summed E-state index contributed by atoms with van der Waals surface area (Å²) in [6, 6.07) is 14.7. The standard InChI is InChI=1S/C22H27ClN2O2.2ClH/c1-26-21-12-17(13-24-20-14-25-9-7-18(20)8-10-25)11-19(23)22(21)27-15-16-5-3-2-4-6-16;;/h2-6,11-12,18,20,24H,7-10,13-15H2,1H3;2*1H. The maximum atomic E-state index is 6.52. The van der Waals surface area contributed by atoms with Crippen molar-refractivity contribution in [3.8, 4) is 11.5 Å². The maximum Gasteiger partial charge on any atom is 0.180 e. The Morgan fingerprint density at radius 1 is 1.07 bits per heavy atom. The fourth-order valence-corrected chi connectivity index (χ4v) is 4.48. The third kappa shape index (κ3) is 5.93. The zero-order valence-electron chi connectivity index (χ0n) is 16.6. The van der Waals surface area contributed by atoms with Gasteiger partial charge >= 0.3 is 0 Å². The molecule has 29 heavy (non-hydrogen) atoms. The molecule has 160 valence electrons. The summed E-state index contributed by atoms with van der Waals surface area (Å²) in [5, 5.41) is 4.32. The lowest BCUT2D eigenvalue weighted by Crippen LogP contribution is -2.55. The molecule has 2 aromatic carbocycles. The third-order valence-electron chi connectivity index (χ3n) is 5.74. The molecule has 0 aromatic heterocycles. The van der Waals surface area contributed by atoms with Crippen molar-refractivity contribution in [3.05, 3.63) is 58.6 Å². The highest BCUT2D eigenvalue weighted by Crippen LogP contribution is 2.37. The molecule has 1 N–H and O–H groups in total. The third-order valence-corrected chi connectivity index (χ3v) is 6.02. The average Bonchev–Trinajstić information content (AvgIpc) is 2.72. The van der Waals surface area contributed by atoms with E-state index < -0.39 is 0 Å². The van der Waals surface area contributed by atoms with Crippen LogP contribution >= 0.6 is 36.4 Å². The second-order valence-electron chi connectivity index (χ2n) is 7.51. The van der Waals surface area contributed by atoms with Gasteiger partial charge in [0.2, 0.25) is 0 Å². The quantitative estimate of drug-likeness (QED) is 0.635. The number of ether oxygens (including phenoxy) is 2. The van der Waals surface area contributed by atoms with Gasteiger partial charge in [-0.05, 0) is 55.1 Å². The van der Waals surface area contributed by atoms with E-state index in [4.69, 9.17) is 21.1 Å². The molecule has 2 aromatic rings. The van der Waals surface area contributed by atoms with Gasteiger partial charge in [0.25, 0.3) is 0 Å².